The second-order valence-electron chi connectivity index (χ2n) is 9.94. The van der Waals surface area contributed by atoms with E-state index in [0.29, 0.717) is 17.9 Å². The maximum absolute atomic E-state index is 13.3. The molecule has 0 fully saturated rings. The minimum absolute atomic E-state index is 0.102. The number of ether oxygens (including phenoxy) is 1. The van der Waals surface area contributed by atoms with Crippen LogP contribution in [0.15, 0.2) is 48.5 Å². The number of Topliss-reactive ketones (excluding diaryl/α,β-unsaturated/α-hetero) is 3. The van der Waals surface area contributed by atoms with Gasteiger partial charge in [0.05, 0.1) is 7.11 Å². The predicted octanol–water partition coefficient (Wildman–Crippen LogP) is 4.51. The number of hydrogen-bond acceptors (Lipinski definition) is 6. The summed E-state index contributed by atoms with van der Waals surface area (Å²) < 4.78 is 44.6. The van der Waals surface area contributed by atoms with Crippen LogP contribution in [0.2, 0.25) is 0 Å². The maximum atomic E-state index is 13.3. The van der Waals surface area contributed by atoms with E-state index < -0.39 is 53.9 Å². The molecule has 39 heavy (non-hydrogen) atoms. The molecule has 212 valence electrons. The van der Waals surface area contributed by atoms with Gasteiger partial charge >= 0.3 is 6.18 Å². The van der Waals surface area contributed by atoms with Gasteiger partial charge in [0.1, 0.15) is 17.6 Å². The number of rotatable bonds is 14. The van der Waals surface area contributed by atoms with Crippen LogP contribution in [-0.4, -0.2) is 36.5 Å². The van der Waals surface area contributed by atoms with Gasteiger partial charge in [-0.2, -0.15) is 13.2 Å². The third kappa shape index (κ3) is 9.31. The molecule has 1 amide bonds. The van der Waals surface area contributed by atoms with Crippen LogP contribution in [0.5, 0.6) is 5.75 Å². The lowest BCUT2D eigenvalue weighted by Crippen LogP contribution is -2.40. The summed E-state index contributed by atoms with van der Waals surface area (Å²) in [7, 11) is 1.45. The van der Waals surface area contributed by atoms with Crippen LogP contribution in [0.3, 0.4) is 0 Å². The van der Waals surface area contributed by atoms with E-state index in [4.69, 9.17) is 10.5 Å². The normalized spacial score (nSPS) is 13.9. The molecule has 0 bridgehead atoms. The van der Waals surface area contributed by atoms with Gasteiger partial charge in [0, 0.05) is 37.6 Å². The van der Waals surface area contributed by atoms with Crippen molar-refractivity contribution < 1.29 is 37.1 Å². The van der Waals surface area contributed by atoms with E-state index >= 15 is 0 Å². The van der Waals surface area contributed by atoms with Crippen molar-refractivity contribution in [3.63, 3.8) is 0 Å². The summed E-state index contributed by atoms with van der Waals surface area (Å²) in [4.78, 5) is 50.9. The highest BCUT2D eigenvalue weighted by molar-refractivity contribution is 5.96. The number of nitrogens with two attached hydrogens (primary N) is 1. The van der Waals surface area contributed by atoms with E-state index in [-0.39, 0.29) is 18.6 Å². The molecule has 0 spiro atoms. The van der Waals surface area contributed by atoms with Gasteiger partial charge in [-0.1, -0.05) is 57.2 Å². The highest BCUT2D eigenvalue weighted by atomic mass is 19.4. The minimum Gasteiger partial charge on any atom is -0.497 e. The number of methoxy groups -OCH3 is 1. The van der Waals surface area contributed by atoms with Gasteiger partial charge in [-0.3, -0.25) is 19.2 Å². The Balaban J connectivity index is 2.20. The number of benzene rings is 2. The topological polar surface area (TPSA) is 116 Å². The number of nitrogens with one attached hydrogen (secondary N) is 1. The molecule has 0 heterocycles. The molecule has 7 nitrogen and oxygen atoms in total. The molecule has 0 unspecified atom stereocenters. The van der Waals surface area contributed by atoms with Crippen LogP contribution < -0.4 is 15.8 Å². The predicted molar refractivity (Wildman–Crippen MR) is 140 cm³/mol. The molecule has 0 aliphatic rings. The molecular weight excluding hydrogens is 513 g/mol. The summed E-state index contributed by atoms with van der Waals surface area (Å²) >= 11 is 0. The van der Waals surface area contributed by atoms with Gasteiger partial charge in [0.2, 0.25) is 11.7 Å². The van der Waals surface area contributed by atoms with E-state index in [1.807, 2.05) is 12.1 Å². The monoisotopic (exact) mass is 548 g/mol. The van der Waals surface area contributed by atoms with Gasteiger partial charge in [-0.25, -0.2) is 0 Å². The number of alkyl halides is 3. The van der Waals surface area contributed by atoms with Crippen LogP contribution in [-0.2, 0) is 32.1 Å². The Morgan fingerprint density at radius 1 is 0.897 bits per heavy atom. The Hall–Kier alpha value is -3.53. The zero-order chi connectivity index (χ0) is 29.3. The standard InChI is InChI=1S/C29H35F3N2O5/c1-17(2)24(27(37)29(30,31)32)15-25(36)26(21-9-11-23(39-4)12-10-21)34-28(38)18(3)13-22(35)14-19-5-7-20(16-33)8-6-19/h5-12,17-18,24,26H,13-16,33H2,1-4H3,(H,34,38)/t18-,24+,26+/m1/s1. The van der Waals surface area contributed by atoms with E-state index in [1.54, 1.807) is 24.3 Å². The molecule has 2 aromatic rings. The number of hydrogen-bond donors (Lipinski definition) is 2. The van der Waals surface area contributed by atoms with Crippen molar-refractivity contribution in [1.82, 2.24) is 5.32 Å². The lowest BCUT2D eigenvalue weighted by Gasteiger charge is -2.25. The minimum atomic E-state index is -5.09. The second kappa shape index (κ2) is 14.0. The number of ketones is 3. The lowest BCUT2D eigenvalue weighted by atomic mass is 9.84. The molecular formula is C29H35F3N2O5. The first-order valence-electron chi connectivity index (χ1n) is 12.6. The first-order valence-corrected chi connectivity index (χ1v) is 12.6. The summed E-state index contributed by atoms with van der Waals surface area (Å²) in [6.07, 6.45) is -5.79. The first kappa shape index (κ1) is 31.7. The maximum Gasteiger partial charge on any atom is 0.450 e. The molecule has 0 saturated heterocycles. The largest absolute Gasteiger partial charge is 0.497 e. The molecule has 2 aromatic carbocycles. The summed E-state index contributed by atoms with van der Waals surface area (Å²) in [5.41, 5.74) is 7.59. The molecule has 0 radical (unpaired) electrons. The molecule has 0 aromatic heterocycles. The molecule has 0 aliphatic heterocycles. The van der Waals surface area contributed by atoms with Crippen LogP contribution >= 0.6 is 0 Å². The van der Waals surface area contributed by atoms with Crippen LogP contribution in [0.1, 0.15) is 56.3 Å². The Morgan fingerprint density at radius 3 is 1.95 bits per heavy atom. The number of carbonyl (C=O) groups is 4. The first-order chi connectivity index (χ1) is 18.3. The van der Waals surface area contributed by atoms with Gasteiger partial charge in [0.15, 0.2) is 5.78 Å². The van der Waals surface area contributed by atoms with Crippen molar-refractivity contribution in [1.29, 1.82) is 0 Å². The summed E-state index contributed by atoms with van der Waals surface area (Å²) in [5, 5.41) is 2.59. The smallest absolute Gasteiger partial charge is 0.450 e. The Kier molecular flexibility index (Phi) is 11.4. The number of amides is 1. The molecule has 3 atom stereocenters. The highest BCUT2D eigenvalue weighted by Gasteiger charge is 2.45. The third-order valence-corrected chi connectivity index (χ3v) is 6.54. The van der Waals surface area contributed by atoms with Crippen LogP contribution in [0.25, 0.3) is 0 Å². The zero-order valence-corrected chi connectivity index (χ0v) is 22.5. The Bertz CT molecular complexity index is 1150. The lowest BCUT2D eigenvalue weighted by molar-refractivity contribution is -0.177. The second-order valence-corrected chi connectivity index (χ2v) is 9.94. The van der Waals surface area contributed by atoms with E-state index in [1.165, 1.54) is 40.0 Å². The molecule has 0 aliphatic carbocycles. The van der Waals surface area contributed by atoms with Crippen molar-refractivity contribution in [2.45, 2.75) is 58.8 Å². The highest BCUT2D eigenvalue weighted by Crippen LogP contribution is 2.30. The van der Waals surface area contributed by atoms with Crippen molar-refractivity contribution in [3.05, 3.63) is 65.2 Å². The molecule has 0 saturated carbocycles. The summed E-state index contributed by atoms with van der Waals surface area (Å²) in [5.74, 6) is -6.23. The molecule has 2 rings (SSSR count). The molecule has 3 N–H and O–H groups in total. The average Bonchev–Trinajstić information content (AvgIpc) is 2.89. The fraction of sp³-hybridized carbons (Fsp3) is 0.448. The van der Waals surface area contributed by atoms with Crippen molar-refractivity contribution in [2.24, 2.45) is 23.5 Å². The zero-order valence-electron chi connectivity index (χ0n) is 22.5. The van der Waals surface area contributed by atoms with Crippen molar-refractivity contribution >= 4 is 23.3 Å². The van der Waals surface area contributed by atoms with Gasteiger partial charge in [-0.15, -0.1) is 0 Å². The fourth-order valence-corrected chi connectivity index (χ4v) is 4.13. The van der Waals surface area contributed by atoms with Gasteiger partial charge < -0.3 is 15.8 Å². The van der Waals surface area contributed by atoms with Crippen molar-refractivity contribution in [3.8, 4) is 5.75 Å². The van der Waals surface area contributed by atoms with Crippen LogP contribution in [0.4, 0.5) is 13.2 Å². The van der Waals surface area contributed by atoms with Crippen LogP contribution in [0, 0.1) is 17.8 Å². The SMILES string of the molecule is COc1ccc([C@H](NC(=O)[C@H](C)CC(=O)Cc2ccc(CN)cc2)C(=O)C[C@H](C(=O)C(F)(F)F)C(C)C)cc1. The third-order valence-electron chi connectivity index (χ3n) is 6.54. The Labute approximate surface area is 226 Å². The number of halogens is 3. The van der Waals surface area contributed by atoms with E-state index in [9.17, 15) is 32.3 Å². The quantitative estimate of drug-likeness (QED) is 0.359. The average molecular weight is 549 g/mol. The molecule has 10 heteroatoms. The number of carbonyl (C=O) groups excluding carboxylic acids is 4. The van der Waals surface area contributed by atoms with Gasteiger partial charge in [0.25, 0.3) is 0 Å². The van der Waals surface area contributed by atoms with E-state index in [0.717, 1.165) is 11.1 Å². The summed E-state index contributed by atoms with van der Waals surface area (Å²) in [6, 6.07) is 12.0. The fourth-order valence-electron chi connectivity index (χ4n) is 4.13. The van der Waals surface area contributed by atoms with Crippen molar-refractivity contribution in [2.75, 3.05) is 7.11 Å². The van der Waals surface area contributed by atoms with Gasteiger partial charge in [-0.05, 0) is 34.7 Å². The van der Waals surface area contributed by atoms with E-state index in [2.05, 4.69) is 5.32 Å². The summed E-state index contributed by atoms with van der Waals surface area (Å²) in [6.45, 7) is 4.77. The Morgan fingerprint density at radius 2 is 1.46 bits per heavy atom.